The lowest BCUT2D eigenvalue weighted by molar-refractivity contribution is 0.353. The predicted octanol–water partition coefficient (Wildman–Crippen LogP) is 4.82. The molecule has 0 N–H and O–H groups in total. The molecule has 0 radical (unpaired) electrons. The van der Waals surface area contributed by atoms with Crippen LogP contribution in [0.25, 0.3) is 0 Å². The molecule has 3 aromatic rings. The highest BCUT2D eigenvalue weighted by atomic mass is 16.5. The van der Waals surface area contributed by atoms with Crippen molar-refractivity contribution in [1.82, 2.24) is 0 Å². The van der Waals surface area contributed by atoms with Crippen LogP contribution in [0.15, 0.2) is 36.4 Å². The molecule has 6 heteroatoms. The van der Waals surface area contributed by atoms with Gasteiger partial charge in [0.1, 0.15) is 0 Å². The summed E-state index contributed by atoms with van der Waals surface area (Å²) in [5.41, 5.74) is 4.36. The Morgan fingerprint density at radius 2 is 0.636 bits per heavy atom. The van der Waals surface area contributed by atoms with E-state index in [1.54, 1.807) is 36.4 Å². The van der Waals surface area contributed by atoms with E-state index in [1.165, 1.54) is 21.3 Å². The van der Waals surface area contributed by atoms with Gasteiger partial charge in [0.2, 0.25) is 0 Å². The average molecular weight is 460 g/mol. The van der Waals surface area contributed by atoms with Crippen LogP contribution in [0.5, 0.6) is 34.5 Å². The lowest BCUT2D eigenvalue weighted by Crippen LogP contribution is -2.02. The van der Waals surface area contributed by atoms with Gasteiger partial charge in [-0.2, -0.15) is 0 Å². The van der Waals surface area contributed by atoms with Crippen molar-refractivity contribution >= 4 is 0 Å². The molecule has 1 aliphatic rings. The van der Waals surface area contributed by atoms with Gasteiger partial charge in [0.05, 0.1) is 54.8 Å². The minimum atomic E-state index is -2.73. The second-order valence-electron chi connectivity index (χ2n) is 7.65. The predicted molar refractivity (Wildman–Crippen MR) is 127 cm³/mol. The number of ether oxygens (including phenoxy) is 6. The molecule has 0 spiro atoms. The Bertz CT molecular complexity index is 1290. The van der Waals surface area contributed by atoms with Crippen LogP contribution in [-0.4, -0.2) is 42.4 Å². The normalized spacial score (nSPS) is 17.4. The molecule has 4 rings (SSSR count). The van der Waals surface area contributed by atoms with E-state index in [2.05, 4.69) is 0 Å². The van der Waals surface area contributed by atoms with Gasteiger partial charge < -0.3 is 28.4 Å². The van der Waals surface area contributed by atoms with Gasteiger partial charge in [0, 0.05) is 0 Å². The Kier molecular flexibility index (Phi) is 4.01. The summed E-state index contributed by atoms with van der Waals surface area (Å²) in [6.45, 7) is 0. The van der Waals surface area contributed by atoms with Gasteiger partial charge >= 0.3 is 0 Å². The minimum absolute atomic E-state index is 0.0211. The highest BCUT2D eigenvalue weighted by molar-refractivity contribution is 5.58. The van der Waals surface area contributed by atoms with Gasteiger partial charge in [-0.25, -0.2) is 0 Å². The second-order valence-corrected chi connectivity index (χ2v) is 7.65. The fourth-order valence-electron chi connectivity index (χ4n) is 4.25. The van der Waals surface area contributed by atoms with Crippen LogP contribution < -0.4 is 28.4 Å². The van der Waals surface area contributed by atoms with Crippen molar-refractivity contribution in [3.05, 3.63) is 69.8 Å². The number of hydrogen-bond acceptors (Lipinski definition) is 6. The molecule has 0 bridgehead atoms. The van der Waals surface area contributed by atoms with Crippen LogP contribution in [0.2, 0.25) is 0 Å². The quantitative estimate of drug-likeness (QED) is 0.412. The van der Waals surface area contributed by atoms with E-state index in [1.807, 2.05) is 0 Å². The molecule has 1 aliphatic carbocycles. The molecule has 0 atom stereocenters. The zero-order valence-corrected chi connectivity index (χ0v) is 18.5. The van der Waals surface area contributed by atoms with Crippen molar-refractivity contribution in [2.24, 2.45) is 0 Å². The van der Waals surface area contributed by atoms with Gasteiger partial charge in [0.15, 0.2) is 34.5 Å². The van der Waals surface area contributed by atoms with Crippen molar-refractivity contribution in [2.45, 2.75) is 19.3 Å². The van der Waals surface area contributed by atoms with Crippen LogP contribution in [0.4, 0.5) is 0 Å². The Hall–Kier alpha value is -3.54. The van der Waals surface area contributed by atoms with Crippen LogP contribution in [0.3, 0.4) is 0 Å². The first-order valence-electron chi connectivity index (χ1n) is 14.6. The number of rotatable bonds is 6. The molecule has 174 valence electrons. The summed E-state index contributed by atoms with van der Waals surface area (Å²) in [7, 11) is -3.99. The van der Waals surface area contributed by atoms with Crippen LogP contribution >= 0.6 is 0 Å². The van der Waals surface area contributed by atoms with Crippen molar-refractivity contribution < 1.29 is 40.8 Å². The molecule has 0 unspecified atom stereocenters. The third kappa shape index (κ3) is 4.25. The maximum absolute atomic E-state index is 7.60. The molecule has 0 saturated carbocycles. The molecule has 3 aromatic carbocycles. The first kappa shape index (κ1) is 13.9. The summed E-state index contributed by atoms with van der Waals surface area (Å²) in [5, 5.41) is 0. The van der Waals surface area contributed by atoms with Crippen molar-refractivity contribution in [3.63, 3.8) is 0 Å². The number of fused-ring (bicyclic) bond motifs is 3. The van der Waals surface area contributed by atoms with E-state index in [9.17, 15) is 0 Å². The standard InChI is InChI=1S/C27H30O6/c1-28-22-10-16-7-18-12-24(30-3)26(32-5)14-20(18)9-21-15-27(33-6)25(31-4)13-19(21)8-17(16)11-23(22)29-2/h10-15H,7-9H2,1-6H3/i1D3,4D3,5D3. The van der Waals surface area contributed by atoms with Crippen LogP contribution in [-0.2, 0) is 19.3 Å². The van der Waals surface area contributed by atoms with Gasteiger partial charge in [-0.3, -0.25) is 0 Å². The van der Waals surface area contributed by atoms with E-state index in [4.69, 9.17) is 40.8 Å². The largest absolute Gasteiger partial charge is 0.493 e. The molecule has 6 nitrogen and oxygen atoms in total. The van der Waals surface area contributed by atoms with Gasteiger partial charge in [0.25, 0.3) is 0 Å². The summed E-state index contributed by atoms with van der Waals surface area (Å²) in [6, 6.07) is 9.84. The molecule has 0 amide bonds. The lowest BCUT2D eigenvalue weighted by atomic mass is 9.94. The molecular weight excluding hydrogens is 420 g/mol. The monoisotopic (exact) mass is 459 g/mol. The van der Waals surface area contributed by atoms with Crippen molar-refractivity contribution in [2.75, 3.05) is 42.4 Å². The first-order chi connectivity index (χ1) is 19.5. The summed E-state index contributed by atoms with van der Waals surface area (Å²) < 4.78 is 100. The second kappa shape index (κ2) is 9.53. The average Bonchev–Trinajstić information content (AvgIpc) is 2.90. The highest BCUT2D eigenvalue weighted by Crippen LogP contribution is 2.40. The Labute approximate surface area is 207 Å². The Morgan fingerprint density at radius 1 is 0.424 bits per heavy atom. The Balaban J connectivity index is 1.99. The zero-order valence-electron chi connectivity index (χ0n) is 27.5. The molecule has 0 aromatic heterocycles. The summed E-state index contributed by atoms with van der Waals surface area (Å²) >= 11 is 0. The van der Waals surface area contributed by atoms with Crippen LogP contribution in [0, 0.1) is 0 Å². The maximum atomic E-state index is 7.60. The molecule has 33 heavy (non-hydrogen) atoms. The van der Waals surface area contributed by atoms with E-state index >= 15 is 0 Å². The topological polar surface area (TPSA) is 55.4 Å². The Morgan fingerprint density at radius 3 is 0.818 bits per heavy atom. The fourth-order valence-corrected chi connectivity index (χ4v) is 4.25. The van der Waals surface area contributed by atoms with Crippen LogP contribution in [0.1, 0.15) is 45.7 Å². The highest BCUT2D eigenvalue weighted by Gasteiger charge is 2.22. The van der Waals surface area contributed by atoms with E-state index in [0.717, 1.165) is 16.7 Å². The third-order valence-corrected chi connectivity index (χ3v) is 5.93. The first-order valence-corrected chi connectivity index (χ1v) is 10.1. The maximum Gasteiger partial charge on any atom is 0.161 e. The van der Waals surface area contributed by atoms with Gasteiger partial charge in [-0.1, -0.05) is 0 Å². The van der Waals surface area contributed by atoms with E-state index < -0.39 is 21.1 Å². The minimum Gasteiger partial charge on any atom is -0.493 e. The number of benzene rings is 3. The molecular formula is C27H30O6. The number of methoxy groups -OCH3 is 6. The third-order valence-electron chi connectivity index (χ3n) is 5.93. The van der Waals surface area contributed by atoms with Crippen molar-refractivity contribution in [1.29, 1.82) is 0 Å². The van der Waals surface area contributed by atoms with Gasteiger partial charge in [-0.05, 0) is 89.0 Å². The van der Waals surface area contributed by atoms with E-state index in [0.29, 0.717) is 36.0 Å². The molecule has 0 fully saturated rings. The molecule has 0 aliphatic heterocycles. The summed E-state index contributed by atoms with van der Waals surface area (Å²) in [4.78, 5) is 0. The van der Waals surface area contributed by atoms with E-state index in [-0.39, 0.29) is 34.5 Å². The fraction of sp³-hybridized carbons (Fsp3) is 0.333. The number of hydrogen-bond donors (Lipinski definition) is 0. The molecule has 0 saturated heterocycles. The zero-order chi connectivity index (χ0) is 31.0. The van der Waals surface area contributed by atoms with Crippen molar-refractivity contribution in [3.8, 4) is 34.5 Å². The molecule has 0 heterocycles. The summed E-state index contributed by atoms with van der Waals surface area (Å²) in [6.07, 6.45) is 0.876. The smallest absolute Gasteiger partial charge is 0.161 e. The van der Waals surface area contributed by atoms with Gasteiger partial charge in [-0.15, -0.1) is 0 Å². The lowest BCUT2D eigenvalue weighted by Gasteiger charge is -2.17. The SMILES string of the molecule is [2H]C([2H])([2H])Oc1cc2c(cc1OC)Cc1cc(OC([2H])([2H])[2H])c(OC)cc1Cc1cc(OC([2H])([2H])[2H])c(OC)cc1C2. The summed E-state index contributed by atoms with van der Waals surface area (Å²) in [5.74, 6) is 0.681.